The summed E-state index contributed by atoms with van der Waals surface area (Å²) in [7, 11) is 0. The number of likely N-dealkylation sites (tertiary alicyclic amines) is 1. The smallest absolute Gasteiger partial charge is 0.317 e. The SMILES string of the molecule is Cc1cnn([C@H]2CCCN(C(=O)N[C@@H](C)c3cccc(F)c3F)C2)c1. The van der Waals surface area contributed by atoms with Crippen molar-refractivity contribution in [1.29, 1.82) is 0 Å². The summed E-state index contributed by atoms with van der Waals surface area (Å²) in [4.78, 5) is 14.2. The van der Waals surface area contributed by atoms with Gasteiger partial charge in [-0.3, -0.25) is 4.68 Å². The van der Waals surface area contributed by atoms with Gasteiger partial charge < -0.3 is 10.2 Å². The van der Waals surface area contributed by atoms with Gasteiger partial charge in [-0.25, -0.2) is 13.6 Å². The van der Waals surface area contributed by atoms with Crippen molar-refractivity contribution >= 4 is 6.03 Å². The molecule has 2 amide bonds. The summed E-state index contributed by atoms with van der Waals surface area (Å²) in [5.74, 6) is -1.83. The lowest BCUT2D eigenvalue weighted by Crippen LogP contribution is -2.46. The zero-order valence-corrected chi connectivity index (χ0v) is 14.4. The summed E-state index contributed by atoms with van der Waals surface area (Å²) in [6, 6.07) is 3.23. The molecule has 0 radical (unpaired) electrons. The monoisotopic (exact) mass is 348 g/mol. The van der Waals surface area contributed by atoms with Crippen molar-refractivity contribution < 1.29 is 13.6 Å². The fourth-order valence-corrected chi connectivity index (χ4v) is 3.20. The minimum absolute atomic E-state index is 0.134. The molecule has 1 fully saturated rings. The maximum absolute atomic E-state index is 13.9. The van der Waals surface area contributed by atoms with Gasteiger partial charge in [-0.2, -0.15) is 5.10 Å². The van der Waals surface area contributed by atoms with Gasteiger partial charge in [-0.15, -0.1) is 0 Å². The molecule has 7 heteroatoms. The molecule has 0 bridgehead atoms. The Bertz CT molecular complexity index is 761. The molecule has 5 nitrogen and oxygen atoms in total. The van der Waals surface area contributed by atoms with Gasteiger partial charge in [0.25, 0.3) is 0 Å². The van der Waals surface area contributed by atoms with Gasteiger partial charge in [0.05, 0.1) is 18.3 Å². The van der Waals surface area contributed by atoms with Crippen molar-refractivity contribution in [2.75, 3.05) is 13.1 Å². The highest BCUT2D eigenvalue weighted by molar-refractivity contribution is 5.74. The van der Waals surface area contributed by atoms with E-state index in [4.69, 9.17) is 0 Å². The number of amides is 2. The maximum atomic E-state index is 13.9. The number of carbonyl (C=O) groups is 1. The third-order valence-electron chi connectivity index (χ3n) is 4.58. The van der Waals surface area contributed by atoms with Crippen LogP contribution in [-0.2, 0) is 0 Å². The van der Waals surface area contributed by atoms with Crippen LogP contribution in [0.25, 0.3) is 0 Å². The van der Waals surface area contributed by atoms with Gasteiger partial charge in [0.15, 0.2) is 11.6 Å². The van der Waals surface area contributed by atoms with Gasteiger partial charge in [0, 0.05) is 24.8 Å². The normalized spacial score (nSPS) is 18.9. The fourth-order valence-electron chi connectivity index (χ4n) is 3.20. The van der Waals surface area contributed by atoms with Crippen LogP contribution in [0.3, 0.4) is 0 Å². The first-order valence-corrected chi connectivity index (χ1v) is 8.46. The predicted octanol–water partition coefficient (Wildman–Crippen LogP) is 3.58. The number of rotatable bonds is 3. The Morgan fingerprint density at radius 3 is 2.92 bits per heavy atom. The first kappa shape index (κ1) is 17.4. The largest absolute Gasteiger partial charge is 0.331 e. The quantitative estimate of drug-likeness (QED) is 0.922. The summed E-state index contributed by atoms with van der Waals surface area (Å²) in [5.41, 5.74) is 1.22. The number of hydrogen-bond acceptors (Lipinski definition) is 2. The van der Waals surface area contributed by atoms with Gasteiger partial charge in [0.1, 0.15) is 0 Å². The second-order valence-corrected chi connectivity index (χ2v) is 6.55. The topological polar surface area (TPSA) is 50.2 Å². The molecule has 1 aliphatic heterocycles. The standard InChI is InChI=1S/C18H22F2N4O/c1-12-9-21-24(10-12)14-5-4-8-23(11-14)18(25)22-13(2)15-6-3-7-16(19)17(15)20/h3,6-7,9-10,13-14H,4-5,8,11H2,1-2H3,(H,22,25)/t13-,14-/m0/s1. The van der Waals surface area contributed by atoms with Crippen LogP contribution in [-0.4, -0.2) is 33.8 Å². The number of hydrogen-bond donors (Lipinski definition) is 1. The Morgan fingerprint density at radius 1 is 1.40 bits per heavy atom. The molecular formula is C18H22F2N4O. The number of nitrogens with one attached hydrogen (secondary N) is 1. The van der Waals surface area contributed by atoms with E-state index in [0.29, 0.717) is 13.1 Å². The molecule has 0 unspecified atom stereocenters. The minimum Gasteiger partial charge on any atom is -0.331 e. The van der Waals surface area contributed by atoms with Crippen LogP contribution in [0.1, 0.15) is 43.0 Å². The third kappa shape index (κ3) is 3.81. The van der Waals surface area contributed by atoms with Crippen LogP contribution in [0.5, 0.6) is 0 Å². The summed E-state index contributed by atoms with van der Waals surface area (Å²) >= 11 is 0. The minimum atomic E-state index is -0.918. The molecular weight excluding hydrogens is 326 g/mol. The molecule has 1 aliphatic rings. The van der Waals surface area contributed by atoms with E-state index in [2.05, 4.69) is 10.4 Å². The van der Waals surface area contributed by atoms with Crippen LogP contribution in [0.4, 0.5) is 13.6 Å². The molecule has 1 saturated heterocycles. The predicted molar refractivity (Wildman–Crippen MR) is 90.1 cm³/mol. The van der Waals surface area contributed by atoms with E-state index >= 15 is 0 Å². The molecule has 2 heterocycles. The second-order valence-electron chi connectivity index (χ2n) is 6.55. The Labute approximate surface area is 145 Å². The number of carbonyl (C=O) groups excluding carboxylic acids is 1. The van der Waals surface area contributed by atoms with Crippen molar-refractivity contribution in [3.63, 3.8) is 0 Å². The highest BCUT2D eigenvalue weighted by Crippen LogP contribution is 2.23. The number of aromatic nitrogens is 2. The molecule has 0 saturated carbocycles. The lowest BCUT2D eigenvalue weighted by atomic mass is 10.1. The average Bonchev–Trinajstić information content (AvgIpc) is 3.04. The summed E-state index contributed by atoms with van der Waals surface area (Å²) < 4.78 is 29.1. The van der Waals surface area contributed by atoms with E-state index in [1.54, 1.807) is 18.0 Å². The summed E-state index contributed by atoms with van der Waals surface area (Å²) in [5, 5.41) is 7.09. The van der Waals surface area contributed by atoms with Gasteiger partial charge in [-0.05, 0) is 38.3 Å². The van der Waals surface area contributed by atoms with Crippen molar-refractivity contribution in [3.8, 4) is 0 Å². The lowest BCUT2D eigenvalue weighted by molar-refractivity contribution is 0.160. The Balaban J connectivity index is 1.65. The Hall–Kier alpha value is -2.44. The van der Waals surface area contributed by atoms with Crippen molar-refractivity contribution in [2.45, 2.75) is 38.8 Å². The molecule has 1 aromatic carbocycles. The van der Waals surface area contributed by atoms with E-state index in [1.807, 2.05) is 17.8 Å². The highest BCUT2D eigenvalue weighted by atomic mass is 19.2. The third-order valence-corrected chi connectivity index (χ3v) is 4.58. The Morgan fingerprint density at radius 2 is 2.20 bits per heavy atom. The van der Waals surface area contributed by atoms with Gasteiger partial charge >= 0.3 is 6.03 Å². The van der Waals surface area contributed by atoms with E-state index in [-0.39, 0.29) is 17.6 Å². The van der Waals surface area contributed by atoms with Crippen molar-refractivity contribution in [2.24, 2.45) is 0 Å². The molecule has 25 heavy (non-hydrogen) atoms. The van der Waals surface area contributed by atoms with Gasteiger partial charge in [-0.1, -0.05) is 12.1 Å². The average molecular weight is 348 g/mol. The van der Waals surface area contributed by atoms with Crippen LogP contribution in [0.15, 0.2) is 30.6 Å². The van der Waals surface area contributed by atoms with E-state index in [1.165, 1.54) is 12.1 Å². The maximum Gasteiger partial charge on any atom is 0.317 e. The summed E-state index contributed by atoms with van der Waals surface area (Å²) in [6.07, 6.45) is 5.60. The van der Waals surface area contributed by atoms with Crippen LogP contribution >= 0.6 is 0 Å². The highest BCUT2D eigenvalue weighted by Gasteiger charge is 2.26. The van der Waals surface area contributed by atoms with E-state index in [0.717, 1.165) is 24.5 Å². The molecule has 2 atom stereocenters. The summed E-state index contributed by atoms with van der Waals surface area (Å²) in [6.45, 7) is 4.81. The van der Waals surface area contributed by atoms with Crippen molar-refractivity contribution in [3.05, 3.63) is 53.4 Å². The first-order valence-electron chi connectivity index (χ1n) is 8.46. The number of piperidine rings is 1. The molecule has 1 N–H and O–H groups in total. The lowest BCUT2D eigenvalue weighted by Gasteiger charge is -2.33. The zero-order chi connectivity index (χ0) is 18.0. The van der Waals surface area contributed by atoms with Crippen LogP contribution in [0, 0.1) is 18.6 Å². The van der Waals surface area contributed by atoms with E-state index in [9.17, 15) is 13.6 Å². The van der Waals surface area contributed by atoms with Crippen LogP contribution in [0.2, 0.25) is 0 Å². The molecule has 1 aromatic heterocycles. The van der Waals surface area contributed by atoms with Crippen molar-refractivity contribution in [1.82, 2.24) is 20.0 Å². The second kappa shape index (κ2) is 7.21. The number of halogens is 2. The number of nitrogens with zero attached hydrogens (tertiary/aromatic N) is 3. The fraction of sp³-hybridized carbons (Fsp3) is 0.444. The molecule has 0 spiro atoms. The molecule has 3 rings (SSSR count). The van der Waals surface area contributed by atoms with Crippen LogP contribution < -0.4 is 5.32 Å². The molecule has 2 aromatic rings. The first-order chi connectivity index (χ1) is 12.0. The molecule has 134 valence electrons. The number of urea groups is 1. The zero-order valence-electron chi connectivity index (χ0n) is 14.4. The number of aryl methyl sites for hydroxylation is 1. The van der Waals surface area contributed by atoms with Gasteiger partial charge in [0.2, 0.25) is 0 Å². The molecule has 0 aliphatic carbocycles. The van der Waals surface area contributed by atoms with E-state index < -0.39 is 17.7 Å². The Kier molecular flexibility index (Phi) is 5.01. The number of benzene rings is 1.